The van der Waals surface area contributed by atoms with Crippen molar-refractivity contribution in [3.05, 3.63) is 54.1 Å². The van der Waals surface area contributed by atoms with Gasteiger partial charge in [0.15, 0.2) is 0 Å². The molecule has 3 rings (SSSR count). The molecular weight excluding hydrogens is 494 g/mol. The number of amides is 1. The van der Waals surface area contributed by atoms with Crippen LogP contribution in [0.5, 0.6) is 5.75 Å². The van der Waals surface area contributed by atoms with Gasteiger partial charge in [0.2, 0.25) is 26.0 Å². The zero-order chi connectivity index (χ0) is 25.5. The van der Waals surface area contributed by atoms with Crippen LogP contribution in [0, 0.1) is 0 Å². The standard InChI is InChI=1S/C23H31N3O7S2/c1-3-25(34(28,29)22-11-7-20(8-12-22)33-4-2)18-23(27)24-17-19-5-9-21(10-6-19)35(30,31)26-13-15-32-16-14-26/h5-12H,3-4,13-18H2,1-2H3,(H,24,27). The molecule has 2 aromatic carbocycles. The van der Waals surface area contributed by atoms with Gasteiger partial charge in [0, 0.05) is 26.2 Å². The fourth-order valence-corrected chi connectivity index (χ4v) is 6.34. The first-order chi connectivity index (χ1) is 16.7. The van der Waals surface area contributed by atoms with Crippen LogP contribution in [0.1, 0.15) is 19.4 Å². The highest BCUT2D eigenvalue weighted by atomic mass is 32.2. The summed E-state index contributed by atoms with van der Waals surface area (Å²) in [6, 6.07) is 12.3. The molecule has 1 N–H and O–H groups in total. The molecule has 2 aromatic rings. The zero-order valence-electron chi connectivity index (χ0n) is 19.8. The molecule has 0 aliphatic carbocycles. The van der Waals surface area contributed by atoms with E-state index in [1.807, 2.05) is 6.92 Å². The maximum absolute atomic E-state index is 12.9. The summed E-state index contributed by atoms with van der Waals surface area (Å²) in [5.74, 6) is 0.0994. The Bertz CT molecular complexity index is 1190. The summed E-state index contributed by atoms with van der Waals surface area (Å²) in [5, 5.41) is 2.69. The molecular formula is C23H31N3O7S2. The average Bonchev–Trinajstić information content (AvgIpc) is 2.87. The predicted octanol–water partition coefficient (Wildman–Crippen LogP) is 1.43. The largest absolute Gasteiger partial charge is 0.494 e. The second kappa shape index (κ2) is 12.0. The number of hydrogen-bond acceptors (Lipinski definition) is 7. The Morgan fingerprint density at radius 2 is 1.57 bits per heavy atom. The number of carbonyl (C=O) groups excluding carboxylic acids is 1. The van der Waals surface area contributed by atoms with E-state index in [0.717, 1.165) is 4.31 Å². The summed E-state index contributed by atoms with van der Waals surface area (Å²) >= 11 is 0. The smallest absolute Gasteiger partial charge is 0.243 e. The fourth-order valence-electron chi connectivity index (χ4n) is 3.52. The molecule has 0 radical (unpaired) electrons. The Labute approximate surface area is 206 Å². The van der Waals surface area contributed by atoms with E-state index < -0.39 is 26.0 Å². The molecule has 0 unspecified atom stereocenters. The first-order valence-corrected chi connectivity index (χ1v) is 14.2. The number of morpholine rings is 1. The van der Waals surface area contributed by atoms with E-state index in [2.05, 4.69) is 5.32 Å². The molecule has 0 spiro atoms. The van der Waals surface area contributed by atoms with E-state index in [-0.39, 0.29) is 29.4 Å². The van der Waals surface area contributed by atoms with Crippen LogP contribution in [-0.4, -0.2) is 77.4 Å². The van der Waals surface area contributed by atoms with Gasteiger partial charge >= 0.3 is 0 Å². The Morgan fingerprint density at radius 1 is 0.971 bits per heavy atom. The third kappa shape index (κ3) is 6.79. The van der Waals surface area contributed by atoms with Crippen LogP contribution >= 0.6 is 0 Å². The van der Waals surface area contributed by atoms with E-state index in [1.165, 1.54) is 28.6 Å². The number of sulfonamides is 2. The third-order valence-corrected chi connectivity index (χ3v) is 9.31. The lowest BCUT2D eigenvalue weighted by Gasteiger charge is -2.26. The molecule has 35 heavy (non-hydrogen) atoms. The molecule has 192 valence electrons. The minimum atomic E-state index is -3.86. The van der Waals surface area contributed by atoms with E-state index in [9.17, 15) is 21.6 Å². The van der Waals surface area contributed by atoms with Gasteiger partial charge in [-0.3, -0.25) is 4.79 Å². The van der Waals surface area contributed by atoms with Gasteiger partial charge in [0.25, 0.3) is 0 Å². The molecule has 1 aliphatic heterocycles. The monoisotopic (exact) mass is 525 g/mol. The fraction of sp³-hybridized carbons (Fsp3) is 0.435. The molecule has 0 atom stereocenters. The van der Waals surface area contributed by atoms with Gasteiger partial charge < -0.3 is 14.8 Å². The van der Waals surface area contributed by atoms with Crippen molar-refractivity contribution in [3.63, 3.8) is 0 Å². The van der Waals surface area contributed by atoms with Crippen LogP contribution < -0.4 is 10.1 Å². The predicted molar refractivity (Wildman–Crippen MR) is 130 cm³/mol. The molecule has 1 saturated heterocycles. The number of nitrogens with one attached hydrogen (secondary N) is 1. The molecule has 1 heterocycles. The van der Waals surface area contributed by atoms with Crippen LogP contribution in [0.3, 0.4) is 0 Å². The topological polar surface area (TPSA) is 122 Å². The average molecular weight is 526 g/mol. The van der Waals surface area contributed by atoms with Crippen molar-refractivity contribution < 1.29 is 31.1 Å². The zero-order valence-corrected chi connectivity index (χ0v) is 21.5. The van der Waals surface area contributed by atoms with Crippen molar-refractivity contribution in [1.29, 1.82) is 0 Å². The van der Waals surface area contributed by atoms with Crippen molar-refractivity contribution in [3.8, 4) is 5.75 Å². The van der Waals surface area contributed by atoms with Crippen LogP contribution in [-0.2, 0) is 36.1 Å². The number of carbonyl (C=O) groups is 1. The minimum absolute atomic E-state index is 0.0765. The Morgan fingerprint density at radius 3 is 2.14 bits per heavy atom. The Balaban J connectivity index is 1.58. The minimum Gasteiger partial charge on any atom is -0.494 e. The molecule has 12 heteroatoms. The highest BCUT2D eigenvalue weighted by Crippen LogP contribution is 2.20. The molecule has 0 bridgehead atoms. The first-order valence-electron chi connectivity index (χ1n) is 11.3. The van der Waals surface area contributed by atoms with Crippen LogP contribution in [0.2, 0.25) is 0 Å². The molecule has 1 fully saturated rings. The highest BCUT2D eigenvalue weighted by molar-refractivity contribution is 7.89. The van der Waals surface area contributed by atoms with Crippen molar-refractivity contribution in [2.45, 2.75) is 30.2 Å². The SMILES string of the molecule is CCOc1ccc(S(=O)(=O)N(CC)CC(=O)NCc2ccc(S(=O)(=O)N3CCOCC3)cc2)cc1. The van der Waals surface area contributed by atoms with E-state index in [1.54, 1.807) is 31.2 Å². The number of hydrogen-bond donors (Lipinski definition) is 1. The molecule has 0 saturated carbocycles. The summed E-state index contributed by atoms with van der Waals surface area (Å²) in [5.41, 5.74) is 0.691. The van der Waals surface area contributed by atoms with Gasteiger partial charge in [0.05, 0.1) is 36.2 Å². The van der Waals surface area contributed by atoms with Crippen LogP contribution in [0.15, 0.2) is 58.3 Å². The van der Waals surface area contributed by atoms with Crippen molar-refractivity contribution in [2.24, 2.45) is 0 Å². The number of ether oxygens (including phenoxy) is 2. The number of nitrogens with zero attached hydrogens (tertiary/aromatic N) is 2. The van der Waals surface area contributed by atoms with E-state index >= 15 is 0 Å². The van der Waals surface area contributed by atoms with Gasteiger partial charge in [-0.05, 0) is 48.9 Å². The number of likely N-dealkylation sites (N-methyl/N-ethyl adjacent to an activating group) is 1. The van der Waals surface area contributed by atoms with Crippen molar-refractivity contribution in [1.82, 2.24) is 13.9 Å². The first kappa shape index (κ1) is 27.1. The number of rotatable bonds is 11. The second-order valence-electron chi connectivity index (χ2n) is 7.77. The summed E-state index contributed by atoms with van der Waals surface area (Å²) in [4.78, 5) is 12.7. The van der Waals surface area contributed by atoms with Gasteiger partial charge in [-0.2, -0.15) is 8.61 Å². The maximum Gasteiger partial charge on any atom is 0.243 e. The summed E-state index contributed by atoms with van der Waals surface area (Å²) < 4.78 is 64.3. The van der Waals surface area contributed by atoms with Crippen molar-refractivity contribution >= 4 is 26.0 Å². The Kier molecular flexibility index (Phi) is 9.25. The van der Waals surface area contributed by atoms with Crippen LogP contribution in [0.4, 0.5) is 0 Å². The normalized spacial score (nSPS) is 15.2. The number of benzene rings is 2. The van der Waals surface area contributed by atoms with Gasteiger partial charge in [-0.15, -0.1) is 0 Å². The van der Waals surface area contributed by atoms with Crippen molar-refractivity contribution in [2.75, 3.05) is 46.0 Å². The Hall–Kier alpha value is -2.51. The second-order valence-corrected chi connectivity index (χ2v) is 11.6. The van der Waals surface area contributed by atoms with E-state index in [0.29, 0.717) is 44.2 Å². The third-order valence-electron chi connectivity index (χ3n) is 5.47. The summed E-state index contributed by atoms with van der Waals surface area (Å²) in [6.07, 6.45) is 0. The van der Waals surface area contributed by atoms with E-state index in [4.69, 9.17) is 9.47 Å². The summed E-state index contributed by atoms with van der Waals surface area (Å²) in [6.45, 7) is 5.25. The maximum atomic E-state index is 12.9. The summed E-state index contributed by atoms with van der Waals surface area (Å²) in [7, 11) is -7.45. The van der Waals surface area contributed by atoms with Gasteiger partial charge in [-0.1, -0.05) is 19.1 Å². The van der Waals surface area contributed by atoms with Gasteiger partial charge in [-0.25, -0.2) is 16.8 Å². The van der Waals surface area contributed by atoms with Crippen LogP contribution in [0.25, 0.3) is 0 Å². The lowest BCUT2D eigenvalue weighted by molar-refractivity contribution is -0.121. The molecule has 10 nitrogen and oxygen atoms in total. The molecule has 1 aliphatic rings. The lowest BCUT2D eigenvalue weighted by Crippen LogP contribution is -2.40. The van der Waals surface area contributed by atoms with Gasteiger partial charge in [0.1, 0.15) is 5.75 Å². The molecule has 0 aromatic heterocycles. The lowest BCUT2D eigenvalue weighted by atomic mass is 10.2. The quantitative estimate of drug-likeness (QED) is 0.471. The highest BCUT2D eigenvalue weighted by Gasteiger charge is 2.27. The molecule has 1 amide bonds.